The summed E-state index contributed by atoms with van der Waals surface area (Å²) in [4.78, 5) is 26.1. The summed E-state index contributed by atoms with van der Waals surface area (Å²) in [5.74, 6) is 2.28. The molecule has 352 valence electrons. The van der Waals surface area contributed by atoms with E-state index in [1.54, 1.807) is 60.7 Å². The highest BCUT2D eigenvalue weighted by Gasteiger charge is 2.65. The lowest BCUT2D eigenvalue weighted by Gasteiger charge is -2.58. The Labute approximate surface area is 383 Å². The standard InChI is InChI=1S/C53H76O10Si/c1-32(30-59-64(8,9)51(3,4)5)20-23-41-33(2)44-42(61-41)29-40-38-22-21-36-28-37(24-26-52(36,6)39(38)25-27-53(40,44)7)60-50-46(55)47(63-49(57)35-18-14-11-15-19-35)45(54)43(62-50)31-58-48(56)34-16-12-10-13-17-34/h10-19,21,32-33,37-47,50,54-55H,20,22-31H2,1-9H3/t32-,33-,37+,38-,39+,40+,41-,42+,43-,44+,45-,46-,47+,50-,52+,53+/m1/s1. The molecule has 5 fully saturated rings. The van der Waals surface area contributed by atoms with Crippen LogP contribution in [0, 0.1) is 46.3 Å². The van der Waals surface area contributed by atoms with E-state index in [4.69, 9.17) is 28.1 Å². The van der Waals surface area contributed by atoms with Crippen LogP contribution in [-0.4, -0.2) is 92.7 Å². The van der Waals surface area contributed by atoms with Crippen LogP contribution in [0.1, 0.15) is 127 Å². The van der Waals surface area contributed by atoms with E-state index in [-0.39, 0.29) is 34.1 Å². The maximum Gasteiger partial charge on any atom is 0.338 e. The molecule has 0 radical (unpaired) electrons. The van der Waals surface area contributed by atoms with Gasteiger partial charge in [-0.3, -0.25) is 0 Å². The average Bonchev–Trinajstić information content (AvgIpc) is 3.76. The predicted molar refractivity (Wildman–Crippen MR) is 248 cm³/mol. The fraction of sp³-hybridized carbons (Fsp3) is 0.698. The topological polar surface area (TPSA) is 130 Å². The molecule has 6 aliphatic rings. The van der Waals surface area contributed by atoms with Gasteiger partial charge in [-0.05, 0) is 147 Å². The lowest BCUT2D eigenvalue weighted by Crippen LogP contribution is -2.61. The smallest absolute Gasteiger partial charge is 0.338 e. The fourth-order valence-electron chi connectivity index (χ4n) is 12.9. The third-order valence-corrected chi connectivity index (χ3v) is 22.2. The van der Waals surface area contributed by atoms with Gasteiger partial charge in [0.15, 0.2) is 20.7 Å². The van der Waals surface area contributed by atoms with Crippen molar-refractivity contribution < 1.29 is 47.9 Å². The largest absolute Gasteiger partial charge is 0.459 e. The lowest BCUT2D eigenvalue weighted by molar-refractivity contribution is -0.312. The zero-order chi connectivity index (χ0) is 45.8. The quantitative estimate of drug-likeness (QED) is 0.114. The number of fused-ring (bicyclic) bond motifs is 7. The highest BCUT2D eigenvalue weighted by atomic mass is 28.4. The monoisotopic (exact) mass is 901 g/mol. The molecule has 4 aliphatic carbocycles. The maximum absolute atomic E-state index is 13.2. The summed E-state index contributed by atoms with van der Waals surface area (Å²) in [6.45, 7) is 22.1. The number of hydrogen-bond donors (Lipinski definition) is 2. The highest BCUT2D eigenvalue weighted by molar-refractivity contribution is 6.74. The van der Waals surface area contributed by atoms with Crippen molar-refractivity contribution in [3.63, 3.8) is 0 Å². The summed E-state index contributed by atoms with van der Waals surface area (Å²) < 4.78 is 37.8. The van der Waals surface area contributed by atoms with Crippen LogP contribution < -0.4 is 0 Å². The molecule has 2 saturated heterocycles. The van der Waals surface area contributed by atoms with Crippen LogP contribution in [0.25, 0.3) is 0 Å². The molecule has 0 bridgehead atoms. The summed E-state index contributed by atoms with van der Waals surface area (Å²) in [6.07, 6.45) is 5.66. The van der Waals surface area contributed by atoms with E-state index < -0.39 is 51.0 Å². The van der Waals surface area contributed by atoms with Gasteiger partial charge in [0.05, 0.1) is 29.4 Å². The van der Waals surface area contributed by atoms with Crippen molar-refractivity contribution in [3.8, 4) is 0 Å². The van der Waals surface area contributed by atoms with Gasteiger partial charge in [0.1, 0.15) is 24.9 Å². The fourth-order valence-corrected chi connectivity index (χ4v) is 14.1. The Bertz CT molecular complexity index is 1970. The van der Waals surface area contributed by atoms with Crippen LogP contribution >= 0.6 is 0 Å². The number of aliphatic hydroxyl groups excluding tert-OH is 2. The number of carbonyl (C=O) groups excluding carboxylic acids is 2. The molecule has 2 aliphatic heterocycles. The molecule has 0 spiro atoms. The van der Waals surface area contributed by atoms with Crippen molar-refractivity contribution in [2.24, 2.45) is 46.3 Å². The second kappa shape index (κ2) is 18.6. The molecule has 8 rings (SSSR count). The van der Waals surface area contributed by atoms with Gasteiger partial charge in [-0.2, -0.15) is 0 Å². The van der Waals surface area contributed by atoms with Crippen LogP contribution in [0.15, 0.2) is 72.3 Å². The molecule has 2 heterocycles. The molecule has 16 atom stereocenters. The van der Waals surface area contributed by atoms with E-state index in [2.05, 4.69) is 67.6 Å². The first-order chi connectivity index (χ1) is 30.3. The minimum Gasteiger partial charge on any atom is -0.459 e. The highest BCUT2D eigenvalue weighted by Crippen LogP contribution is 2.69. The first-order valence-corrected chi connectivity index (χ1v) is 27.4. The van der Waals surface area contributed by atoms with Gasteiger partial charge in [0.2, 0.25) is 0 Å². The predicted octanol–water partition coefficient (Wildman–Crippen LogP) is 9.93. The minimum absolute atomic E-state index is 0.0591. The normalized spacial score (nSPS) is 38.8. The molecule has 10 nitrogen and oxygen atoms in total. The number of carbonyl (C=O) groups is 2. The molecule has 2 N–H and O–H groups in total. The molecular weight excluding hydrogens is 825 g/mol. The van der Waals surface area contributed by atoms with Crippen molar-refractivity contribution in [3.05, 3.63) is 83.4 Å². The maximum atomic E-state index is 13.2. The van der Waals surface area contributed by atoms with Crippen LogP contribution in [0.4, 0.5) is 0 Å². The summed E-state index contributed by atoms with van der Waals surface area (Å²) in [5.41, 5.74) is 2.41. The second-order valence-electron chi connectivity index (χ2n) is 22.6. The van der Waals surface area contributed by atoms with Gasteiger partial charge in [0, 0.05) is 6.61 Å². The third kappa shape index (κ3) is 9.22. The number of hydrogen-bond acceptors (Lipinski definition) is 10. The van der Waals surface area contributed by atoms with Gasteiger partial charge >= 0.3 is 11.9 Å². The Hall–Kier alpha value is -2.90. The SMILES string of the molecule is C[C@H](CC[C@H]1O[C@H]2C[C@H]3[C@@H]4CC=C5C[C@@H](O[C@@H]6O[C@H](COC(=O)c7ccccc7)[C@@H](O)[C@H](OC(=O)c7ccccc7)[C@H]6O)CC[C@]5(C)[C@H]4CC[C@]3(C)[C@H]2[C@@H]1C)CO[Si](C)(C)C(C)(C)C. The van der Waals surface area contributed by atoms with Gasteiger partial charge in [-0.1, -0.05) is 96.5 Å². The van der Waals surface area contributed by atoms with Gasteiger partial charge in [-0.25, -0.2) is 9.59 Å². The number of allylic oxidation sites excluding steroid dienone is 1. The third-order valence-electron chi connectivity index (χ3n) is 17.7. The summed E-state index contributed by atoms with van der Waals surface area (Å²) >= 11 is 0. The van der Waals surface area contributed by atoms with Crippen molar-refractivity contribution in [2.45, 2.75) is 173 Å². The molecule has 11 heteroatoms. The van der Waals surface area contributed by atoms with E-state index in [9.17, 15) is 19.8 Å². The lowest BCUT2D eigenvalue weighted by atomic mass is 9.47. The van der Waals surface area contributed by atoms with E-state index in [1.165, 1.54) is 24.8 Å². The number of rotatable bonds is 13. The zero-order valence-electron chi connectivity index (χ0n) is 39.9. The van der Waals surface area contributed by atoms with Gasteiger partial charge < -0.3 is 38.3 Å². The van der Waals surface area contributed by atoms with Crippen LogP contribution in [0.5, 0.6) is 0 Å². The number of aliphatic hydroxyl groups is 2. The van der Waals surface area contributed by atoms with E-state index >= 15 is 0 Å². The zero-order valence-corrected chi connectivity index (χ0v) is 40.9. The number of esters is 2. The second-order valence-corrected chi connectivity index (χ2v) is 27.4. The molecular formula is C53H76O10Si. The average molecular weight is 901 g/mol. The Morgan fingerprint density at radius 1 is 0.891 bits per heavy atom. The van der Waals surface area contributed by atoms with Gasteiger partial charge in [-0.15, -0.1) is 0 Å². The minimum atomic E-state index is -1.76. The molecule has 2 aromatic carbocycles. The molecule has 0 unspecified atom stereocenters. The van der Waals surface area contributed by atoms with Gasteiger partial charge in [0.25, 0.3) is 0 Å². The van der Waals surface area contributed by atoms with Crippen LogP contribution in [0.3, 0.4) is 0 Å². The van der Waals surface area contributed by atoms with Crippen molar-refractivity contribution in [1.82, 2.24) is 0 Å². The Morgan fingerprint density at radius 2 is 1.56 bits per heavy atom. The Kier molecular flexibility index (Phi) is 13.9. The summed E-state index contributed by atoms with van der Waals surface area (Å²) in [6, 6.07) is 17.0. The van der Waals surface area contributed by atoms with Crippen molar-refractivity contribution in [1.29, 1.82) is 0 Å². The van der Waals surface area contributed by atoms with Crippen LogP contribution in [0.2, 0.25) is 18.1 Å². The Morgan fingerprint density at radius 3 is 2.23 bits per heavy atom. The first kappa shape index (κ1) is 47.6. The number of benzene rings is 2. The summed E-state index contributed by atoms with van der Waals surface area (Å²) in [7, 11) is -1.76. The molecule has 0 aromatic heterocycles. The summed E-state index contributed by atoms with van der Waals surface area (Å²) in [5, 5.41) is 23.3. The molecule has 64 heavy (non-hydrogen) atoms. The molecule has 0 amide bonds. The van der Waals surface area contributed by atoms with E-state index in [0.29, 0.717) is 59.7 Å². The van der Waals surface area contributed by atoms with E-state index in [1.807, 2.05) is 0 Å². The molecule has 3 saturated carbocycles. The van der Waals surface area contributed by atoms with Crippen molar-refractivity contribution in [2.75, 3.05) is 13.2 Å². The van der Waals surface area contributed by atoms with Crippen molar-refractivity contribution >= 4 is 20.3 Å². The first-order valence-electron chi connectivity index (χ1n) is 24.4. The number of ether oxygens (including phenoxy) is 5. The Balaban J connectivity index is 0.903. The molecule has 2 aromatic rings. The van der Waals surface area contributed by atoms with Crippen LogP contribution in [-0.2, 0) is 28.1 Å². The van der Waals surface area contributed by atoms with E-state index in [0.717, 1.165) is 38.7 Å².